The third kappa shape index (κ3) is 2.23. The summed E-state index contributed by atoms with van der Waals surface area (Å²) in [4.78, 5) is 14.3. The molecule has 92 valence electrons. The number of nitrogens with zero attached hydrogens (tertiary/aromatic N) is 1. The Morgan fingerprint density at radius 3 is 2.31 bits per heavy atom. The molecule has 0 spiro atoms. The van der Waals surface area contributed by atoms with Crippen LogP contribution in [0.3, 0.4) is 0 Å². The summed E-state index contributed by atoms with van der Waals surface area (Å²) in [6.45, 7) is 8.01. The zero-order chi connectivity index (χ0) is 11.7. The van der Waals surface area contributed by atoms with Crippen molar-refractivity contribution in [3.05, 3.63) is 0 Å². The molecule has 2 aliphatic rings. The molecular formula is C12H22N2O2. The molecule has 0 aromatic rings. The van der Waals surface area contributed by atoms with Gasteiger partial charge in [-0.2, -0.15) is 0 Å². The minimum Gasteiger partial charge on any atom is -0.365 e. The molecule has 1 N–H and O–H groups in total. The molecule has 0 aromatic heterocycles. The van der Waals surface area contributed by atoms with Crippen LogP contribution < -0.4 is 5.32 Å². The summed E-state index contributed by atoms with van der Waals surface area (Å²) < 4.78 is 5.66. The maximum atomic E-state index is 12.3. The average Bonchev–Trinajstić information content (AvgIpc) is 2.64. The van der Waals surface area contributed by atoms with Gasteiger partial charge in [0.15, 0.2) is 0 Å². The third-order valence-electron chi connectivity index (χ3n) is 3.59. The van der Waals surface area contributed by atoms with Gasteiger partial charge in [-0.1, -0.05) is 0 Å². The minimum atomic E-state index is -0.196. The van der Waals surface area contributed by atoms with Crippen molar-refractivity contribution in [2.24, 2.45) is 0 Å². The fraction of sp³-hybridized carbons (Fsp3) is 0.917. The van der Waals surface area contributed by atoms with E-state index in [4.69, 9.17) is 4.74 Å². The second kappa shape index (κ2) is 4.72. The molecule has 0 radical (unpaired) electrons. The van der Waals surface area contributed by atoms with Crippen molar-refractivity contribution in [1.29, 1.82) is 0 Å². The highest BCUT2D eigenvalue weighted by Gasteiger charge is 2.36. The summed E-state index contributed by atoms with van der Waals surface area (Å²) in [5, 5.41) is 3.33. The van der Waals surface area contributed by atoms with Crippen LogP contribution >= 0.6 is 0 Å². The Morgan fingerprint density at radius 1 is 1.19 bits per heavy atom. The number of hydrogen-bond acceptors (Lipinski definition) is 3. The first-order valence-corrected chi connectivity index (χ1v) is 6.28. The van der Waals surface area contributed by atoms with E-state index >= 15 is 0 Å². The lowest BCUT2D eigenvalue weighted by Crippen LogP contribution is -2.59. The van der Waals surface area contributed by atoms with Crippen molar-refractivity contribution in [2.75, 3.05) is 13.1 Å². The SMILES string of the molecule is CC1CCC(C(=O)N2C(C)CNCC2C)O1. The van der Waals surface area contributed by atoms with Gasteiger partial charge in [0, 0.05) is 25.2 Å². The van der Waals surface area contributed by atoms with Gasteiger partial charge in [-0.25, -0.2) is 0 Å². The predicted molar refractivity (Wildman–Crippen MR) is 62.2 cm³/mol. The molecule has 2 saturated heterocycles. The molecule has 0 saturated carbocycles. The van der Waals surface area contributed by atoms with Gasteiger partial charge < -0.3 is 15.0 Å². The average molecular weight is 226 g/mol. The van der Waals surface area contributed by atoms with Gasteiger partial charge in [-0.3, -0.25) is 4.79 Å². The van der Waals surface area contributed by atoms with Crippen LogP contribution in [-0.2, 0) is 9.53 Å². The van der Waals surface area contributed by atoms with E-state index in [1.54, 1.807) is 0 Å². The minimum absolute atomic E-state index is 0.186. The van der Waals surface area contributed by atoms with E-state index in [1.165, 1.54) is 0 Å². The van der Waals surface area contributed by atoms with Crippen molar-refractivity contribution in [1.82, 2.24) is 10.2 Å². The number of rotatable bonds is 1. The standard InChI is InChI=1S/C12H22N2O2/c1-8-6-13-7-9(2)14(8)12(15)11-5-4-10(3)16-11/h8-11,13H,4-7H2,1-3H3. The van der Waals surface area contributed by atoms with Gasteiger partial charge in [-0.15, -0.1) is 0 Å². The first kappa shape index (κ1) is 11.9. The maximum absolute atomic E-state index is 12.3. The van der Waals surface area contributed by atoms with Crippen LogP contribution in [0.15, 0.2) is 0 Å². The van der Waals surface area contributed by atoms with E-state index in [0.717, 1.165) is 25.9 Å². The maximum Gasteiger partial charge on any atom is 0.252 e. The summed E-state index contributed by atoms with van der Waals surface area (Å²) in [6.07, 6.45) is 1.93. The van der Waals surface area contributed by atoms with Crippen LogP contribution in [0.1, 0.15) is 33.6 Å². The fourth-order valence-corrected chi connectivity index (χ4v) is 2.72. The highest BCUT2D eigenvalue weighted by Crippen LogP contribution is 2.23. The Bertz CT molecular complexity index is 260. The molecule has 2 fully saturated rings. The lowest BCUT2D eigenvalue weighted by Gasteiger charge is -2.40. The van der Waals surface area contributed by atoms with E-state index in [2.05, 4.69) is 19.2 Å². The number of piperazine rings is 1. The van der Waals surface area contributed by atoms with Crippen LogP contribution in [0.2, 0.25) is 0 Å². The van der Waals surface area contributed by atoms with E-state index in [1.807, 2.05) is 11.8 Å². The van der Waals surface area contributed by atoms with Gasteiger partial charge in [0.1, 0.15) is 6.10 Å². The molecule has 4 unspecified atom stereocenters. The summed E-state index contributed by atoms with van der Waals surface area (Å²) in [5.74, 6) is 0.186. The molecular weight excluding hydrogens is 204 g/mol. The van der Waals surface area contributed by atoms with Crippen molar-refractivity contribution < 1.29 is 9.53 Å². The predicted octanol–water partition coefficient (Wildman–Crippen LogP) is 0.763. The molecule has 16 heavy (non-hydrogen) atoms. The van der Waals surface area contributed by atoms with Crippen LogP contribution in [-0.4, -0.2) is 48.2 Å². The lowest BCUT2D eigenvalue weighted by atomic mass is 10.1. The summed E-state index contributed by atoms with van der Waals surface area (Å²) in [5.41, 5.74) is 0. The van der Waals surface area contributed by atoms with Crippen molar-refractivity contribution >= 4 is 5.91 Å². The van der Waals surface area contributed by atoms with Crippen molar-refractivity contribution in [3.8, 4) is 0 Å². The van der Waals surface area contributed by atoms with Crippen LogP contribution in [0.4, 0.5) is 0 Å². The Morgan fingerprint density at radius 2 is 1.81 bits per heavy atom. The molecule has 0 aromatic carbocycles. The molecule has 0 bridgehead atoms. The van der Waals surface area contributed by atoms with Crippen LogP contribution in [0.25, 0.3) is 0 Å². The zero-order valence-corrected chi connectivity index (χ0v) is 10.4. The molecule has 2 heterocycles. The smallest absolute Gasteiger partial charge is 0.252 e. The number of ether oxygens (including phenoxy) is 1. The monoisotopic (exact) mass is 226 g/mol. The first-order valence-electron chi connectivity index (χ1n) is 6.28. The Balaban J connectivity index is 2.02. The highest BCUT2D eigenvalue weighted by atomic mass is 16.5. The second-order valence-corrected chi connectivity index (χ2v) is 5.11. The lowest BCUT2D eigenvalue weighted by molar-refractivity contribution is -0.148. The van der Waals surface area contributed by atoms with Crippen molar-refractivity contribution in [2.45, 2.75) is 57.9 Å². The molecule has 0 aliphatic carbocycles. The van der Waals surface area contributed by atoms with Crippen LogP contribution in [0.5, 0.6) is 0 Å². The second-order valence-electron chi connectivity index (χ2n) is 5.11. The number of nitrogens with one attached hydrogen (secondary N) is 1. The molecule has 2 aliphatic heterocycles. The van der Waals surface area contributed by atoms with Crippen molar-refractivity contribution in [3.63, 3.8) is 0 Å². The zero-order valence-electron chi connectivity index (χ0n) is 10.4. The molecule has 4 nitrogen and oxygen atoms in total. The van der Waals surface area contributed by atoms with Crippen LogP contribution in [0, 0.1) is 0 Å². The van der Waals surface area contributed by atoms with E-state index in [0.29, 0.717) is 0 Å². The molecule has 4 atom stereocenters. The molecule has 1 amide bonds. The van der Waals surface area contributed by atoms with Gasteiger partial charge in [0.2, 0.25) is 0 Å². The number of hydrogen-bond donors (Lipinski definition) is 1. The van der Waals surface area contributed by atoms with Gasteiger partial charge in [-0.05, 0) is 33.6 Å². The van der Waals surface area contributed by atoms with E-state index < -0.39 is 0 Å². The Labute approximate surface area is 97.3 Å². The highest BCUT2D eigenvalue weighted by molar-refractivity contribution is 5.82. The first-order chi connectivity index (χ1) is 7.59. The van der Waals surface area contributed by atoms with Gasteiger partial charge in [0.05, 0.1) is 6.10 Å². The summed E-state index contributed by atoms with van der Waals surface area (Å²) in [6, 6.07) is 0.548. The molecule has 2 rings (SSSR count). The molecule has 4 heteroatoms. The topological polar surface area (TPSA) is 41.6 Å². The number of carbonyl (C=O) groups excluding carboxylic acids is 1. The normalized spacial score (nSPS) is 40.1. The van der Waals surface area contributed by atoms with E-state index in [9.17, 15) is 4.79 Å². The quantitative estimate of drug-likeness (QED) is 0.718. The van der Waals surface area contributed by atoms with Gasteiger partial charge >= 0.3 is 0 Å². The number of carbonyl (C=O) groups is 1. The largest absolute Gasteiger partial charge is 0.365 e. The van der Waals surface area contributed by atoms with Gasteiger partial charge in [0.25, 0.3) is 5.91 Å². The number of amides is 1. The third-order valence-corrected chi connectivity index (χ3v) is 3.59. The van der Waals surface area contributed by atoms with E-state index in [-0.39, 0.29) is 30.2 Å². The fourth-order valence-electron chi connectivity index (χ4n) is 2.72. The summed E-state index contributed by atoms with van der Waals surface area (Å²) >= 11 is 0. The summed E-state index contributed by atoms with van der Waals surface area (Å²) in [7, 11) is 0. The Kier molecular flexibility index (Phi) is 3.50. The Hall–Kier alpha value is -0.610.